The molecule has 0 heterocycles. The molecule has 0 amide bonds. The molecular formula is C18H26O4. The fourth-order valence-electron chi connectivity index (χ4n) is 2.43. The number of Topliss-reactive ketones (excluding diaryl/α,β-unsaturated/α-hetero) is 1. The number of hydrogen-bond donors (Lipinski definition) is 2. The second kappa shape index (κ2) is 7.97. The van der Waals surface area contributed by atoms with Crippen LogP contribution in [0, 0.1) is 0 Å². The zero-order chi connectivity index (χ0) is 16.9. The van der Waals surface area contributed by atoms with Gasteiger partial charge in [0, 0.05) is 18.4 Å². The Bertz CT molecular complexity index is 515. The lowest BCUT2D eigenvalue weighted by Crippen LogP contribution is -2.05. The highest BCUT2D eigenvalue weighted by Gasteiger charge is 2.17. The fraction of sp³-hybridized carbons (Fsp3) is 0.556. The molecule has 0 aromatic heterocycles. The SMILES string of the molecule is CC(C)c1cc(C(=O)CCCCC(=O)O)cc(C(C)C)c1O. The Hall–Kier alpha value is -1.84. The molecule has 1 aromatic carbocycles. The molecule has 2 N–H and O–H groups in total. The third-order valence-corrected chi connectivity index (χ3v) is 3.78. The second-order valence-corrected chi connectivity index (χ2v) is 6.34. The van der Waals surface area contributed by atoms with Gasteiger partial charge in [-0.3, -0.25) is 9.59 Å². The van der Waals surface area contributed by atoms with Gasteiger partial charge in [0.15, 0.2) is 5.78 Å². The van der Waals surface area contributed by atoms with Crippen molar-refractivity contribution in [2.45, 2.75) is 65.2 Å². The smallest absolute Gasteiger partial charge is 0.303 e. The molecular weight excluding hydrogens is 280 g/mol. The van der Waals surface area contributed by atoms with E-state index in [9.17, 15) is 14.7 Å². The molecule has 1 aromatic rings. The van der Waals surface area contributed by atoms with Crippen LogP contribution in [0.25, 0.3) is 0 Å². The van der Waals surface area contributed by atoms with Gasteiger partial charge in [-0.25, -0.2) is 0 Å². The quantitative estimate of drug-likeness (QED) is 0.549. The minimum Gasteiger partial charge on any atom is -0.507 e. The number of carboxylic acid groups (broad SMARTS) is 1. The van der Waals surface area contributed by atoms with Crippen molar-refractivity contribution in [3.8, 4) is 5.75 Å². The van der Waals surface area contributed by atoms with Crippen LogP contribution in [0.3, 0.4) is 0 Å². The lowest BCUT2D eigenvalue weighted by molar-refractivity contribution is -0.137. The molecule has 22 heavy (non-hydrogen) atoms. The Kier molecular flexibility index (Phi) is 6.60. The van der Waals surface area contributed by atoms with Crippen LogP contribution in [-0.4, -0.2) is 22.0 Å². The van der Waals surface area contributed by atoms with E-state index in [1.165, 1.54) is 0 Å². The lowest BCUT2D eigenvalue weighted by Gasteiger charge is -2.17. The van der Waals surface area contributed by atoms with Gasteiger partial charge < -0.3 is 10.2 Å². The minimum atomic E-state index is -0.832. The van der Waals surface area contributed by atoms with E-state index in [0.29, 0.717) is 24.8 Å². The number of benzene rings is 1. The number of phenols is 1. The molecule has 0 aliphatic heterocycles. The van der Waals surface area contributed by atoms with Crippen molar-refractivity contribution in [3.63, 3.8) is 0 Å². The number of aromatic hydroxyl groups is 1. The average molecular weight is 306 g/mol. The van der Waals surface area contributed by atoms with Crippen molar-refractivity contribution in [2.75, 3.05) is 0 Å². The van der Waals surface area contributed by atoms with Gasteiger partial charge in [0.05, 0.1) is 0 Å². The number of phenolic OH excluding ortho intramolecular Hbond substituents is 1. The average Bonchev–Trinajstić information content (AvgIpc) is 2.42. The zero-order valence-electron chi connectivity index (χ0n) is 13.8. The van der Waals surface area contributed by atoms with Gasteiger partial charge in [0.25, 0.3) is 0 Å². The summed E-state index contributed by atoms with van der Waals surface area (Å²) < 4.78 is 0. The molecule has 0 aliphatic carbocycles. The Morgan fingerprint density at radius 1 is 0.955 bits per heavy atom. The van der Waals surface area contributed by atoms with Crippen LogP contribution in [0.5, 0.6) is 5.75 Å². The van der Waals surface area contributed by atoms with Crippen molar-refractivity contribution in [1.29, 1.82) is 0 Å². The first kappa shape index (κ1) is 18.2. The normalized spacial score (nSPS) is 11.2. The summed E-state index contributed by atoms with van der Waals surface area (Å²) in [7, 11) is 0. The van der Waals surface area contributed by atoms with Gasteiger partial charge in [-0.1, -0.05) is 27.7 Å². The maximum Gasteiger partial charge on any atom is 0.303 e. The summed E-state index contributed by atoms with van der Waals surface area (Å²) in [6, 6.07) is 3.54. The van der Waals surface area contributed by atoms with Gasteiger partial charge >= 0.3 is 5.97 Å². The van der Waals surface area contributed by atoms with Gasteiger partial charge in [-0.05, 0) is 47.9 Å². The first-order valence-corrected chi connectivity index (χ1v) is 7.85. The van der Waals surface area contributed by atoms with Crippen LogP contribution < -0.4 is 0 Å². The van der Waals surface area contributed by atoms with E-state index in [0.717, 1.165) is 11.1 Å². The molecule has 0 radical (unpaired) electrons. The monoisotopic (exact) mass is 306 g/mol. The van der Waals surface area contributed by atoms with Crippen LogP contribution in [0.15, 0.2) is 12.1 Å². The van der Waals surface area contributed by atoms with Crippen molar-refractivity contribution in [2.24, 2.45) is 0 Å². The van der Waals surface area contributed by atoms with Gasteiger partial charge in [-0.2, -0.15) is 0 Å². The molecule has 4 nitrogen and oxygen atoms in total. The fourth-order valence-corrected chi connectivity index (χ4v) is 2.43. The molecule has 1 rings (SSSR count). The number of rotatable bonds is 8. The van der Waals surface area contributed by atoms with E-state index in [1.54, 1.807) is 12.1 Å². The highest BCUT2D eigenvalue weighted by atomic mass is 16.4. The van der Waals surface area contributed by atoms with Crippen LogP contribution in [0.4, 0.5) is 0 Å². The molecule has 0 saturated carbocycles. The molecule has 0 atom stereocenters. The molecule has 122 valence electrons. The van der Waals surface area contributed by atoms with E-state index in [1.807, 2.05) is 27.7 Å². The number of aliphatic carboxylic acids is 1. The zero-order valence-corrected chi connectivity index (χ0v) is 13.8. The molecule has 4 heteroatoms. The van der Waals surface area contributed by atoms with Crippen LogP contribution in [0.1, 0.15) is 86.7 Å². The molecule has 0 unspecified atom stereocenters. The van der Waals surface area contributed by atoms with E-state index >= 15 is 0 Å². The predicted molar refractivity (Wildman–Crippen MR) is 86.7 cm³/mol. The van der Waals surface area contributed by atoms with Gasteiger partial charge in [0.2, 0.25) is 0 Å². The maximum absolute atomic E-state index is 12.3. The predicted octanol–water partition coefficient (Wildman–Crippen LogP) is 4.47. The van der Waals surface area contributed by atoms with E-state index < -0.39 is 5.97 Å². The summed E-state index contributed by atoms with van der Waals surface area (Å²) in [5.74, 6) is -0.266. The van der Waals surface area contributed by atoms with Gasteiger partial charge in [-0.15, -0.1) is 0 Å². The second-order valence-electron chi connectivity index (χ2n) is 6.34. The van der Waals surface area contributed by atoms with Crippen LogP contribution >= 0.6 is 0 Å². The first-order chi connectivity index (χ1) is 10.2. The maximum atomic E-state index is 12.3. The molecule has 0 aliphatic rings. The number of ketones is 1. The number of hydrogen-bond acceptors (Lipinski definition) is 3. The van der Waals surface area contributed by atoms with Crippen LogP contribution in [0.2, 0.25) is 0 Å². The van der Waals surface area contributed by atoms with Crippen molar-refractivity contribution >= 4 is 11.8 Å². The largest absolute Gasteiger partial charge is 0.507 e. The third-order valence-electron chi connectivity index (χ3n) is 3.78. The summed E-state index contributed by atoms with van der Waals surface area (Å²) in [6.07, 6.45) is 1.51. The standard InChI is InChI=1S/C18H26O4/c1-11(2)14-9-13(10-15(12(3)4)18(14)22)16(19)7-5-6-8-17(20)21/h9-12,22H,5-8H2,1-4H3,(H,20,21). The number of carbonyl (C=O) groups is 2. The van der Waals surface area contributed by atoms with Crippen molar-refractivity contribution in [1.82, 2.24) is 0 Å². The number of unbranched alkanes of at least 4 members (excludes halogenated alkanes) is 1. The van der Waals surface area contributed by atoms with E-state index in [-0.39, 0.29) is 29.8 Å². The third kappa shape index (κ3) is 4.86. The van der Waals surface area contributed by atoms with Crippen LogP contribution in [-0.2, 0) is 4.79 Å². The lowest BCUT2D eigenvalue weighted by atomic mass is 9.89. The summed E-state index contributed by atoms with van der Waals surface area (Å²) in [5, 5.41) is 18.9. The summed E-state index contributed by atoms with van der Waals surface area (Å²) >= 11 is 0. The molecule has 0 bridgehead atoms. The van der Waals surface area contributed by atoms with Crippen molar-refractivity contribution < 1.29 is 19.8 Å². The Balaban J connectivity index is 2.94. The minimum absolute atomic E-state index is 0.00851. The summed E-state index contributed by atoms with van der Waals surface area (Å²) in [4.78, 5) is 22.8. The Morgan fingerprint density at radius 2 is 1.41 bits per heavy atom. The molecule has 0 saturated heterocycles. The highest BCUT2D eigenvalue weighted by Crippen LogP contribution is 2.35. The summed E-state index contributed by atoms with van der Waals surface area (Å²) in [5.41, 5.74) is 2.20. The van der Waals surface area contributed by atoms with E-state index in [2.05, 4.69) is 0 Å². The molecule has 0 spiro atoms. The highest BCUT2D eigenvalue weighted by molar-refractivity contribution is 5.96. The molecule has 0 fully saturated rings. The van der Waals surface area contributed by atoms with E-state index in [4.69, 9.17) is 5.11 Å². The topological polar surface area (TPSA) is 74.6 Å². The number of carboxylic acids is 1. The first-order valence-electron chi connectivity index (χ1n) is 7.85. The summed E-state index contributed by atoms with van der Waals surface area (Å²) in [6.45, 7) is 7.95. The Morgan fingerprint density at radius 3 is 1.82 bits per heavy atom. The Labute approximate surface area is 132 Å². The van der Waals surface area contributed by atoms with Crippen molar-refractivity contribution in [3.05, 3.63) is 28.8 Å². The number of carbonyl (C=O) groups excluding carboxylic acids is 1. The van der Waals surface area contributed by atoms with Gasteiger partial charge in [0.1, 0.15) is 5.75 Å².